The molecule has 0 fully saturated rings. The van der Waals surface area contributed by atoms with Gasteiger partial charge in [-0.3, -0.25) is 0 Å². The Labute approximate surface area is 457 Å². The number of benzene rings is 13. The molecule has 13 aromatic carbocycles. The van der Waals surface area contributed by atoms with E-state index in [1.54, 1.807) is 0 Å². The van der Waals surface area contributed by atoms with E-state index in [9.17, 15) is 0 Å². The molecule has 0 aliphatic carbocycles. The van der Waals surface area contributed by atoms with Crippen LogP contribution in [-0.4, -0.2) is 0 Å². The Kier molecular flexibility index (Phi) is 9.61. The third kappa shape index (κ3) is 6.79. The zero-order chi connectivity index (χ0) is 52.4. The predicted octanol–water partition coefficient (Wildman–Crippen LogP) is 21.9. The van der Waals surface area contributed by atoms with Crippen molar-refractivity contribution >= 4 is 143 Å². The van der Waals surface area contributed by atoms with Gasteiger partial charge in [0.15, 0.2) is 11.2 Å². The molecule has 80 heavy (non-hydrogen) atoms. The van der Waals surface area contributed by atoms with Crippen LogP contribution in [0, 0.1) is 0 Å². The average Bonchev–Trinajstić information content (AvgIpc) is 4.42. The van der Waals surface area contributed by atoms with E-state index in [0.29, 0.717) is 0 Å². The molecule has 0 amide bonds. The summed E-state index contributed by atoms with van der Waals surface area (Å²) in [6.45, 7) is 0. The normalized spacial score (nSPS) is 12.0. The largest absolute Gasteiger partial charge is 0.456 e. The summed E-state index contributed by atoms with van der Waals surface area (Å²) in [5, 5.41) is 12.8. The first-order valence-electron chi connectivity index (χ1n) is 27.0. The summed E-state index contributed by atoms with van der Waals surface area (Å²) in [6.07, 6.45) is 0. The fourth-order valence-corrected chi connectivity index (χ4v) is 12.6. The molecule has 0 bridgehead atoms. The second-order valence-electron chi connectivity index (χ2n) is 20.7. The average molecular weight is 1030 g/mol. The Morgan fingerprint density at radius 1 is 0.225 bits per heavy atom. The predicted molar refractivity (Wildman–Crippen MR) is 331 cm³/mol. The summed E-state index contributed by atoms with van der Waals surface area (Å²) >= 11 is 0. The Hall–Kier alpha value is -10.8. The van der Waals surface area contributed by atoms with Crippen molar-refractivity contribution < 1.29 is 17.7 Å². The first kappa shape index (κ1) is 44.3. The molecule has 0 atom stereocenters. The van der Waals surface area contributed by atoms with Gasteiger partial charge in [0.2, 0.25) is 0 Å². The Bertz CT molecular complexity index is 4970. The van der Waals surface area contributed by atoms with Crippen LogP contribution in [0.1, 0.15) is 0 Å². The van der Waals surface area contributed by atoms with E-state index < -0.39 is 0 Å². The second kappa shape index (κ2) is 17.3. The minimum atomic E-state index is 0.735. The maximum Gasteiger partial charge on any atom is 0.178 e. The summed E-state index contributed by atoms with van der Waals surface area (Å²) in [4.78, 5) is 4.72. The molecule has 0 aliphatic heterocycles. The molecule has 0 spiro atoms. The number of para-hydroxylation sites is 4. The van der Waals surface area contributed by atoms with Crippen LogP contribution in [-0.2, 0) is 0 Å². The first-order valence-corrected chi connectivity index (χ1v) is 27.0. The molecule has 0 N–H and O–H groups in total. The summed E-state index contributed by atoms with van der Waals surface area (Å²) in [7, 11) is 0. The number of nitrogens with zero attached hydrogens (tertiary/aromatic N) is 2. The molecule has 0 aliphatic rings. The molecular weight excluding hydrogens is 981 g/mol. The highest BCUT2D eigenvalue weighted by molar-refractivity contribution is 6.22. The van der Waals surface area contributed by atoms with Gasteiger partial charge in [-0.2, -0.15) is 0 Å². The van der Waals surface area contributed by atoms with E-state index in [4.69, 9.17) is 17.7 Å². The molecule has 4 heterocycles. The molecule has 0 unspecified atom stereocenters. The zero-order valence-corrected chi connectivity index (χ0v) is 42.9. The Balaban J connectivity index is 0.801. The molecule has 374 valence electrons. The van der Waals surface area contributed by atoms with Crippen LogP contribution in [0.2, 0.25) is 0 Å². The van der Waals surface area contributed by atoms with Crippen molar-refractivity contribution in [2.45, 2.75) is 0 Å². The van der Waals surface area contributed by atoms with Crippen molar-refractivity contribution in [2.75, 3.05) is 9.80 Å². The second-order valence-corrected chi connectivity index (χ2v) is 20.7. The Morgan fingerprint density at radius 3 is 1.06 bits per heavy atom. The smallest absolute Gasteiger partial charge is 0.178 e. The molecule has 17 rings (SSSR count). The fourth-order valence-electron chi connectivity index (χ4n) is 12.6. The van der Waals surface area contributed by atoms with Crippen molar-refractivity contribution in [2.24, 2.45) is 0 Å². The monoisotopic (exact) mass is 1020 g/mol. The number of rotatable bonds is 8. The minimum Gasteiger partial charge on any atom is -0.456 e. The van der Waals surface area contributed by atoms with Crippen molar-refractivity contribution in [1.82, 2.24) is 0 Å². The van der Waals surface area contributed by atoms with Crippen LogP contribution in [0.15, 0.2) is 285 Å². The van der Waals surface area contributed by atoms with Crippen LogP contribution in [0.5, 0.6) is 0 Å². The SMILES string of the molecule is c1ccc(-c2c(N(c3ccccc3)c3ccc4cc5c(cc4c3)oc3c5ccc4c5cc6ccc(N(c7ccccc7)c7ccc8oc9ccccc9c8c7-c7ccccc7)cc6cc5oc43)ccc3oc4ccccc4c23)cc1. The first-order chi connectivity index (χ1) is 39.6. The van der Waals surface area contributed by atoms with Crippen molar-refractivity contribution in [3.8, 4) is 22.3 Å². The summed E-state index contributed by atoms with van der Waals surface area (Å²) in [6, 6.07) is 94.4. The number of hydrogen-bond acceptors (Lipinski definition) is 6. The van der Waals surface area contributed by atoms with E-state index >= 15 is 0 Å². The van der Waals surface area contributed by atoms with Crippen LogP contribution in [0.4, 0.5) is 34.1 Å². The molecular formula is C74H44N2O4. The van der Waals surface area contributed by atoms with Gasteiger partial charge in [0, 0.05) is 77.0 Å². The van der Waals surface area contributed by atoms with Gasteiger partial charge < -0.3 is 27.5 Å². The van der Waals surface area contributed by atoms with Crippen molar-refractivity contribution in [3.05, 3.63) is 267 Å². The highest BCUT2D eigenvalue weighted by Gasteiger charge is 2.26. The standard InChI is InChI=1S/C74H44N2O4/c1-5-17-45(18-6-1)69-61(35-37-65-71(69)57-25-13-15-27-63(57)77-65)75(51-21-9-3-10-22-51)53-31-29-47-41-59-55-33-34-56-60-42-48-30-32-54(40-50(48)44-68(60)80-74(56)73(55)79-67(59)43-49(47)39-53)76(52-23-11-4-12-24-52)62-36-38-66-72(58-26-14-16-28-64(58)78-66)70(62)46-19-7-2-8-20-46/h1-44H. The third-order valence-electron chi connectivity index (χ3n) is 16.2. The number of anilines is 6. The number of furan rings is 4. The van der Waals surface area contributed by atoms with Gasteiger partial charge >= 0.3 is 0 Å². The fraction of sp³-hybridized carbons (Fsp3) is 0. The van der Waals surface area contributed by atoms with Crippen LogP contribution in [0.25, 0.3) is 132 Å². The van der Waals surface area contributed by atoms with Gasteiger partial charge in [0.05, 0.1) is 11.4 Å². The Morgan fingerprint density at radius 2 is 0.625 bits per heavy atom. The quantitative estimate of drug-likeness (QED) is 0.151. The maximum absolute atomic E-state index is 6.94. The molecule has 0 radical (unpaired) electrons. The maximum atomic E-state index is 6.94. The van der Waals surface area contributed by atoms with Gasteiger partial charge in [0.1, 0.15) is 33.5 Å². The molecule has 0 saturated heterocycles. The molecule has 6 nitrogen and oxygen atoms in total. The molecule has 0 saturated carbocycles. The van der Waals surface area contributed by atoms with Gasteiger partial charge in [-0.15, -0.1) is 0 Å². The van der Waals surface area contributed by atoms with Gasteiger partial charge in [-0.25, -0.2) is 0 Å². The lowest BCUT2D eigenvalue weighted by Gasteiger charge is -2.28. The van der Waals surface area contributed by atoms with E-state index in [2.05, 4.69) is 252 Å². The molecule has 4 aromatic heterocycles. The van der Waals surface area contributed by atoms with E-state index in [1.807, 2.05) is 24.3 Å². The van der Waals surface area contributed by atoms with Gasteiger partial charge in [0.25, 0.3) is 0 Å². The topological polar surface area (TPSA) is 59.0 Å². The van der Waals surface area contributed by atoms with Crippen molar-refractivity contribution in [3.63, 3.8) is 0 Å². The number of hydrogen-bond donors (Lipinski definition) is 0. The molecule has 17 aromatic rings. The molecule has 6 heteroatoms. The zero-order valence-electron chi connectivity index (χ0n) is 42.9. The van der Waals surface area contributed by atoms with Crippen molar-refractivity contribution in [1.29, 1.82) is 0 Å². The van der Waals surface area contributed by atoms with Gasteiger partial charge in [-0.05, 0) is 154 Å². The lowest BCUT2D eigenvalue weighted by Crippen LogP contribution is -2.11. The summed E-state index contributed by atoms with van der Waals surface area (Å²) < 4.78 is 26.8. The summed E-state index contributed by atoms with van der Waals surface area (Å²) in [5.74, 6) is 0. The van der Waals surface area contributed by atoms with E-state index in [-0.39, 0.29) is 0 Å². The highest BCUT2D eigenvalue weighted by Crippen LogP contribution is 2.50. The van der Waals surface area contributed by atoms with Crippen LogP contribution >= 0.6 is 0 Å². The van der Waals surface area contributed by atoms with E-state index in [1.165, 1.54) is 0 Å². The van der Waals surface area contributed by atoms with Crippen LogP contribution in [0.3, 0.4) is 0 Å². The minimum absolute atomic E-state index is 0.735. The third-order valence-corrected chi connectivity index (χ3v) is 16.2. The summed E-state index contributed by atoms with van der Waals surface area (Å²) in [5.41, 5.74) is 17.2. The number of fused-ring (bicyclic) bond motifs is 15. The van der Waals surface area contributed by atoms with Crippen LogP contribution < -0.4 is 9.80 Å². The van der Waals surface area contributed by atoms with E-state index in [0.717, 1.165) is 166 Å². The lowest BCUT2D eigenvalue weighted by molar-refractivity contribution is 0.634. The lowest BCUT2D eigenvalue weighted by atomic mass is 9.96. The highest BCUT2D eigenvalue weighted by atomic mass is 16.4. The van der Waals surface area contributed by atoms with Gasteiger partial charge in [-0.1, -0.05) is 146 Å².